The maximum atomic E-state index is 12.6. The van der Waals surface area contributed by atoms with Gasteiger partial charge in [-0.15, -0.1) is 11.3 Å². The molecule has 3 aromatic rings. The molecule has 1 heterocycles. The van der Waals surface area contributed by atoms with E-state index in [-0.39, 0.29) is 28.6 Å². The summed E-state index contributed by atoms with van der Waals surface area (Å²) in [6.07, 6.45) is 0. The van der Waals surface area contributed by atoms with Crippen molar-refractivity contribution in [1.29, 1.82) is 0 Å². The lowest BCUT2D eigenvalue weighted by molar-refractivity contribution is -0.116. The predicted molar refractivity (Wildman–Crippen MR) is 118 cm³/mol. The van der Waals surface area contributed by atoms with E-state index in [0.717, 1.165) is 16.8 Å². The molecule has 152 valence electrons. The Balaban J connectivity index is 1.86. The van der Waals surface area contributed by atoms with Crippen molar-refractivity contribution in [2.24, 2.45) is 0 Å². The topological polar surface area (TPSA) is 88.4 Å². The molecule has 0 atom stereocenters. The van der Waals surface area contributed by atoms with E-state index < -0.39 is 15.7 Å². The molecule has 29 heavy (non-hydrogen) atoms. The van der Waals surface area contributed by atoms with Gasteiger partial charge in [-0.1, -0.05) is 36.8 Å². The molecule has 0 radical (unpaired) electrons. The van der Waals surface area contributed by atoms with Crippen molar-refractivity contribution in [2.45, 2.75) is 25.3 Å². The number of thiazole rings is 1. The number of rotatable bonds is 6. The maximum Gasteiger partial charge on any atom is 0.244 e. The number of aromatic nitrogens is 1. The van der Waals surface area contributed by atoms with Crippen LogP contribution in [0.1, 0.15) is 12.5 Å². The first-order chi connectivity index (χ1) is 13.7. The number of phenols is 1. The van der Waals surface area contributed by atoms with Gasteiger partial charge in [-0.25, -0.2) is 8.42 Å². The second-order valence-electron chi connectivity index (χ2n) is 6.47. The summed E-state index contributed by atoms with van der Waals surface area (Å²) in [6.45, 7) is 3.47. The second-order valence-corrected chi connectivity index (χ2v) is 10.3. The minimum Gasteiger partial charge on any atom is -0.506 e. The zero-order chi connectivity index (χ0) is 21.2. The molecule has 0 aliphatic carbocycles. The van der Waals surface area contributed by atoms with Gasteiger partial charge in [-0.2, -0.15) is 0 Å². The number of hydrogen-bond donors (Lipinski definition) is 2. The highest BCUT2D eigenvalue weighted by molar-refractivity contribution is 7.91. The summed E-state index contributed by atoms with van der Waals surface area (Å²) in [5.41, 5.74) is 2.93. The van der Waals surface area contributed by atoms with Crippen LogP contribution in [0.2, 0.25) is 0 Å². The van der Waals surface area contributed by atoms with E-state index in [1.54, 1.807) is 4.57 Å². The highest BCUT2D eigenvalue weighted by Crippen LogP contribution is 2.28. The molecule has 1 amide bonds. The molecule has 3 rings (SSSR count). The van der Waals surface area contributed by atoms with Gasteiger partial charge in [0.2, 0.25) is 5.91 Å². The summed E-state index contributed by atoms with van der Waals surface area (Å²) >= 11 is 6.72. The van der Waals surface area contributed by atoms with Crippen molar-refractivity contribution in [3.8, 4) is 17.0 Å². The maximum absolute atomic E-state index is 12.6. The van der Waals surface area contributed by atoms with Crippen LogP contribution in [0.3, 0.4) is 0 Å². The first-order valence-electron chi connectivity index (χ1n) is 8.82. The monoisotopic (exact) mass is 448 g/mol. The Morgan fingerprint density at radius 2 is 1.90 bits per heavy atom. The average Bonchev–Trinajstić information content (AvgIpc) is 3.04. The average molecular weight is 449 g/mol. The summed E-state index contributed by atoms with van der Waals surface area (Å²) in [5.74, 6) is -0.704. The Morgan fingerprint density at radius 1 is 1.21 bits per heavy atom. The number of carbonyl (C=O) groups excluding carboxylic acids is 1. The fourth-order valence-electron chi connectivity index (χ4n) is 2.74. The highest BCUT2D eigenvalue weighted by atomic mass is 32.2. The zero-order valence-electron chi connectivity index (χ0n) is 15.9. The molecule has 1 aromatic heterocycles. The molecule has 0 unspecified atom stereocenters. The fourth-order valence-corrected chi connectivity index (χ4v) is 4.72. The lowest BCUT2D eigenvalue weighted by Crippen LogP contribution is -2.19. The number of sulfone groups is 1. The van der Waals surface area contributed by atoms with Gasteiger partial charge in [-0.3, -0.25) is 4.79 Å². The molecule has 0 aliphatic rings. The van der Waals surface area contributed by atoms with Crippen molar-refractivity contribution in [1.82, 2.24) is 4.57 Å². The van der Waals surface area contributed by atoms with Gasteiger partial charge in [0.15, 0.2) is 13.8 Å². The predicted octanol–water partition coefficient (Wildman–Crippen LogP) is 4.39. The molecular formula is C20H20N2O4S3. The van der Waals surface area contributed by atoms with E-state index in [9.17, 15) is 18.3 Å². The smallest absolute Gasteiger partial charge is 0.244 e. The van der Waals surface area contributed by atoms with Crippen LogP contribution in [-0.4, -0.2) is 29.8 Å². The Hall–Kier alpha value is -2.49. The third-order valence-corrected chi connectivity index (χ3v) is 7.42. The molecule has 0 aliphatic heterocycles. The molecule has 0 spiro atoms. The minimum atomic E-state index is -3.46. The normalized spacial score (nSPS) is 11.4. The summed E-state index contributed by atoms with van der Waals surface area (Å²) in [4.78, 5) is 12.7. The van der Waals surface area contributed by atoms with Crippen molar-refractivity contribution >= 4 is 45.0 Å². The van der Waals surface area contributed by atoms with Crippen LogP contribution in [-0.2, 0) is 21.2 Å². The van der Waals surface area contributed by atoms with Crippen LogP contribution < -0.4 is 5.32 Å². The van der Waals surface area contributed by atoms with Crippen molar-refractivity contribution in [3.63, 3.8) is 0 Å². The number of carbonyl (C=O) groups is 1. The van der Waals surface area contributed by atoms with E-state index in [4.69, 9.17) is 12.2 Å². The van der Waals surface area contributed by atoms with Crippen LogP contribution in [0.15, 0.2) is 52.7 Å². The summed E-state index contributed by atoms with van der Waals surface area (Å²) in [6, 6.07) is 11.7. The Bertz CT molecular complexity index is 1210. The van der Waals surface area contributed by atoms with Gasteiger partial charge in [0, 0.05) is 5.38 Å². The van der Waals surface area contributed by atoms with Gasteiger partial charge in [0.1, 0.15) is 12.3 Å². The van der Waals surface area contributed by atoms with E-state index >= 15 is 0 Å². The number of aryl methyl sites for hydroxylation is 1. The molecule has 0 bridgehead atoms. The molecule has 0 saturated heterocycles. The third kappa shape index (κ3) is 4.75. The largest absolute Gasteiger partial charge is 0.506 e. The highest BCUT2D eigenvalue weighted by Gasteiger charge is 2.16. The number of benzene rings is 2. The van der Waals surface area contributed by atoms with Crippen molar-refractivity contribution in [2.75, 3.05) is 11.1 Å². The quantitative estimate of drug-likeness (QED) is 0.431. The van der Waals surface area contributed by atoms with Crippen LogP contribution >= 0.6 is 23.6 Å². The Labute approximate surface area is 178 Å². The molecule has 0 saturated carbocycles. The summed E-state index contributed by atoms with van der Waals surface area (Å²) in [7, 11) is -3.46. The first-order valence-corrected chi connectivity index (χ1v) is 11.8. The van der Waals surface area contributed by atoms with Crippen LogP contribution in [0.4, 0.5) is 5.69 Å². The van der Waals surface area contributed by atoms with E-state index in [1.807, 2.05) is 36.6 Å². The second kappa shape index (κ2) is 8.48. The Kier molecular flexibility index (Phi) is 6.21. The van der Waals surface area contributed by atoms with Crippen LogP contribution in [0.5, 0.6) is 5.75 Å². The van der Waals surface area contributed by atoms with Crippen LogP contribution in [0.25, 0.3) is 11.3 Å². The first kappa shape index (κ1) is 21.2. The molecule has 2 aromatic carbocycles. The lowest BCUT2D eigenvalue weighted by atomic mass is 10.1. The number of nitrogens with zero attached hydrogens (tertiary/aromatic N) is 1. The third-order valence-electron chi connectivity index (χ3n) is 4.41. The SMILES string of the molecule is CCS(=O)(=O)c1ccc(O)c(NC(=O)Cn2c(-c3ccc(C)cc3)csc2=S)c1. The van der Waals surface area contributed by atoms with Crippen LogP contribution in [0, 0.1) is 10.9 Å². The summed E-state index contributed by atoms with van der Waals surface area (Å²) in [5, 5.41) is 14.5. The molecule has 2 N–H and O–H groups in total. The lowest BCUT2D eigenvalue weighted by Gasteiger charge is -2.12. The van der Waals surface area contributed by atoms with Crippen molar-refractivity contribution < 1.29 is 18.3 Å². The molecule has 0 fully saturated rings. The summed E-state index contributed by atoms with van der Waals surface area (Å²) < 4.78 is 26.4. The van der Waals surface area contributed by atoms with E-state index in [2.05, 4.69) is 5.32 Å². The number of amides is 1. The molecule has 6 nitrogen and oxygen atoms in total. The number of hydrogen-bond acceptors (Lipinski definition) is 6. The van der Waals surface area contributed by atoms with Gasteiger partial charge >= 0.3 is 0 Å². The molecule has 9 heteroatoms. The molecular weight excluding hydrogens is 428 g/mol. The van der Waals surface area contributed by atoms with Crippen molar-refractivity contribution in [3.05, 3.63) is 57.4 Å². The van der Waals surface area contributed by atoms with Gasteiger partial charge in [-0.05, 0) is 42.9 Å². The standard InChI is InChI=1S/C20H20N2O4S3/c1-3-29(25,26)15-8-9-18(23)16(10-15)21-19(24)11-22-17(12-28-20(22)27)14-6-4-13(2)5-7-14/h4-10,12,23H,3,11H2,1-2H3,(H,21,24). The number of aromatic hydroxyl groups is 1. The minimum absolute atomic E-state index is 0.0422. The fraction of sp³-hybridized carbons (Fsp3) is 0.200. The van der Waals surface area contributed by atoms with Gasteiger partial charge < -0.3 is 15.0 Å². The van der Waals surface area contributed by atoms with Gasteiger partial charge in [0.25, 0.3) is 0 Å². The number of phenolic OH excluding ortho intramolecular Hbond substituents is 1. The number of nitrogens with one attached hydrogen (secondary N) is 1. The Morgan fingerprint density at radius 3 is 2.55 bits per heavy atom. The zero-order valence-corrected chi connectivity index (χ0v) is 18.3. The van der Waals surface area contributed by atoms with E-state index in [1.165, 1.54) is 36.5 Å². The van der Waals surface area contributed by atoms with E-state index in [0.29, 0.717) is 3.95 Å². The number of anilines is 1. The van der Waals surface area contributed by atoms with Gasteiger partial charge in [0.05, 0.1) is 22.0 Å².